The van der Waals surface area contributed by atoms with Crippen LogP contribution in [-0.4, -0.2) is 43.2 Å². The van der Waals surface area contributed by atoms with Crippen LogP contribution >= 0.6 is 0 Å². The summed E-state index contributed by atoms with van der Waals surface area (Å²) in [5.41, 5.74) is 5.10. The zero-order chi connectivity index (χ0) is 11.3. The van der Waals surface area contributed by atoms with E-state index >= 15 is 0 Å². The van der Waals surface area contributed by atoms with Crippen molar-refractivity contribution < 1.29 is 9.53 Å². The molecule has 1 amide bonds. The van der Waals surface area contributed by atoms with Gasteiger partial charge in [0.05, 0.1) is 13.2 Å². The summed E-state index contributed by atoms with van der Waals surface area (Å²) in [4.78, 5) is 13.0. The van der Waals surface area contributed by atoms with Crippen molar-refractivity contribution in [3.05, 3.63) is 12.2 Å². The Morgan fingerprint density at radius 2 is 2.00 bits per heavy atom. The molecule has 1 heterocycles. The quantitative estimate of drug-likeness (QED) is 0.686. The van der Waals surface area contributed by atoms with Crippen LogP contribution in [0.3, 0.4) is 0 Å². The molecule has 0 radical (unpaired) electrons. The number of nitrogens with zero attached hydrogens (tertiary/aromatic N) is 1. The molecular formula is C11H20N2O2. The SMILES string of the molecule is CC(C)C(C=CC(N)=O)N1CCOCC1. The van der Waals surface area contributed by atoms with Gasteiger partial charge in [-0.3, -0.25) is 9.69 Å². The first-order valence-corrected chi connectivity index (χ1v) is 5.40. The van der Waals surface area contributed by atoms with Gasteiger partial charge < -0.3 is 10.5 Å². The number of morpholine rings is 1. The third-order valence-electron chi connectivity index (χ3n) is 2.61. The monoisotopic (exact) mass is 212 g/mol. The summed E-state index contributed by atoms with van der Waals surface area (Å²) in [5, 5.41) is 0. The van der Waals surface area contributed by atoms with Gasteiger partial charge in [-0.15, -0.1) is 0 Å². The minimum atomic E-state index is -0.381. The minimum Gasteiger partial charge on any atom is -0.379 e. The van der Waals surface area contributed by atoms with Crippen LogP contribution < -0.4 is 5.73 Å². The Kier molecular flexibility index (Phi) is 4.78. The van der Waals surface area contributed by atoms with E-state index in [0.29, 0.717) is 5.92 Å². The zero-order valence-electron chi connectivity index (χ0n) is 9.48. The Hall–Kier alpha value is -0.870. The molecule has 4 heteroatoms. The van der Waals surface area contributed by atoms with Crippen molar-refractivity contribution in [2.45, 2.75) is 19.9 Å². The molecule has 4 nitrogen and oxygen atoms in total. The summed E-state index contributed by atoms with van der Waals surface area (Å²) in [5.74, 6) is 0.0904. The van der Waals surface area contributed by atoms with Gasteiger partial charge in [-0.1, -0.05) is 19.9 Å². The number of ether oxygens (including phenoxy) is 1. The Labute approximate surface area is 91.1 Å². The third-order valence-corrected chi connectivity index (χ3v) is 2.61. The van der Waals surface area contributed by atoms with Crippen molar-refractivity contribution in [2.24, 2.45) is 11.7 Å². The van der Waals surface area contributed by atoms with Crippen molar-refractivity contribution in [2.75, 3.05) is 26.3 Å². The van der Waals surface area contributed by atoms with E-state index < -0.39 is 0 Å². The largest absolute Gasteiger partial charge is 0.379 e. The highest BCUT2D eigenvalue weighted by Gasteiger charge is 2.21. The van der Waals surface area contributed by atoms with Gasteiger partial charge in [0.1, 0.15) is 0 Å². The molecule has 1 fully saturated rings. The van der Waals surface area contributed by atoms with Gasteiger partial charge in [-0.25, -0.2) is 0 Å². The number of rotatable bonds is 4. The number of nitrogens with two attached hydrogens (primary N) is 1. The van der Waals surface area contributed by atoms with Crippen LogP contribution in [0.1, 0.15) is 13.8 Å². The normalized spacial score (nSPS) is 21.0. The number of hydrogen-bond acceptors (Lipinski definition) is 3. The van der Waals surface area contributed by atoms with Gasteiger partial charge in [-0.05, 0) is 5.92 Å². The van der Waals surface area contributed by atoms with E-state index in [2.05, 4.69) is 18.7 Å². The van der Waals surface area contributed by atoms with Crippen LogP contribution in [-0.2, 0) is 9.53 Å². The second kappa shape index (κ2) is 5.88. The lowest BCUT2D eigenvalue weighted by Gasteiger charge is -2.35. The molecule has 0 saturated carbocycles. The minimum absolute atomic E-state index is 0.279. The Bertz CT molecular complexity index is 233. The van der Waals surface area contributed by atoms with E-state index in [0.717, 1.165) is 26.3 Å². The lowest BCUT2D eigenvalue weighted by Crippen LogP contribution is -2.45. The molecule has 1 rings (SSSR count). The summed E-state index contributed by atoms with van der Waals surface area (Å²) >= 11 is 0. The molecule has 0 bridgehead atoms. The molecule has 15 heavy (non-hydrogen) atoms. The van der Waals surface area contributed by atoms with Gasteiger partial charge in [-0.2, -0.15) is 0 Å². The number of amides is 1. The van der Waals surface area contributed by atoms with E-state index in [1.165, 1.54) is 6.08 Å². The van der Waals surface area contributed by atoms with Crippen molar-refractivity contribution >= 4 is 5.91 Å². The smallest absolute Gasteiger partial charge is 0.241 e. The highest BCUT2D eigenvalue weighted by Crippen LogP contribution is 2.13. The average molecular weight is 212 g/mol. The van der Waals surface area contributed by atoms with E-state index in [-0.39, 0.29) is 11.9 Å². The maximum Gasteiger partial charge on any atom is 0.241 e. The first-order valence-electron chi connectivity index (χ1n) is 5.40. The molecular weight excluding hydrogens is 192 g/mol. The second-order valence-corrected chi connectivity index (χ2v) is 4.14. The fraction of sp³-hybridized carbons (Fsp3) is 0.727. The summed E-state index contributed by atoms with van der Waals surface area (Å²) in [6, 6.07) is 0.279. The van der Waals surface area contributed by atoms with Crippen molar-refractivity contribution in [3.63, 3.8) is 0 Å². The topological polar surface area (TPSA) is 55.6 Å². The van der Waals surface area contributed by atoms with E-state index in [1.54, 1.807) is 0 Å². The molecule has 86 valence electrons. The van der Waals surface area contributed by atoms with Crippen LogP contribution in [0, 0.1) is 5.92 Å². The standard InChI is InChI=1S/C11H20N2O2/c1-9(2)10(3-4-11(12)14)13-5-7-15-8-6-13/h3-4,9-10H,5-8H2,1-2H3,(H2,12,14). The number of primary amides is 1. The van der Waals surface area contributed by atoms with Crippen LogP contribution in [0.4, 0.5) is 0 Å². The van der Waals surface area contributed by atoms with Gasteiger partial charge in [0, 0.05) is 25.2 Å². The van der Waals surface area contributed by atoms with Gasteiger partial charge in [0.2, 0.25) is 5.91 Å². The van der Waals surface area contributed by atoms with Crippen LogP contribution in [0.15, 0.2) is 12.2 Å². The molecule has 1 aliphatic heterocycles. The highest BCUT2D eigenvalue weighted by molar-refractivity contribution is 5.85. The van der Waals surface area contributed by atoms with E-state index in [1.807, 2.05) is 6.08 Å². The Morgan fingerprint density at radius 1 is 1.40 bits per heavy atom. The predicted molar refractivity (Wildman–Crippen MR) is 59.4 cm³/mol. The van der Waals surface area contributed by atoms with Gasteiger partial charge in [0.15, 0.2) is 0 Å². The van der Waals surface area contributed by atoms with Crippen molar-refractivity contribution in [1.82, 2.24) is 4.90 Å². The number of hydrogen-bond donors (Lipinski definition) is 1. The van der Waals surface area contributed by atoms with Crippen LogP contribution in [0.2, 0.25) is 0 Å². The average Bonchev–Trinajstić information content (AvgIpc) is 2.18. The molecule has 0 spiro atoms. The first kappa shape index (κ1) is 12.2. The lowest BCUT2D eigenvalue weighted by atomic mass is 10.0. The predicted octanol–water partition coefficient (Wildman–Crippen LogP) is 0.385. The molecule has 0 aromatic rings. The van der Waals surface area contributed by atoms with Crippen LogP contribution in [0.25, 0.3) is 0 Å². The molecule has 1 saturated heterocycles. The van der Waals surface area contributed by atoms with Crippen molar-refractivity contribution in [3.8, 4) is 0 Å². The van der Waals surface area contributed by atoms with E-state index in [9.17, 15) is 4.79 Å². The fourth-order valence-electron chi connectivity index (χ4n) is 1.83. The summed E-state index contributed by atoms with van der Waals surface area (Å²) in [6.07, 6.45) is 3.36. The zero-order valence-corrected chi connectivity index (χ0v) is 9.48. The molecule has 0 aromatic carbocycles. The van der Waals surface area contributed by atoms with Crippen molar-refractivity contribution in [1.29, 1.82) is 0 Å². The van der Waals surface area contributed by atoms with Gasteiger partial charge in [0.25, 0.3) is 0 Å². The Morgan fingerprint density at radius 3 is 2.47 bits per heavy atom. The summed E-state index contributed by atoms with van der Waals surface area (Å²) < 4.78 is 5.30. The van der Waals surface area contributed by atoms with Crippen LogP contribution in [0.5, 0.6) is 0 Å². The molecule has 1 atom stereocenters. The summed E-state index contributed by atoms with van der Waals surface area (Å²) in [7, 11) is 0. The maximum atomic E-state index is 10.7. The molecule has 1 aliphatic rings. The number of carbonyl (C=O) groups excluding carboxylic acids is 1. The maximum absolute atomic E-state index is 10.7. The molecule has 1 unspecified atom stereocenters. The Balaban J connectivity index is 2.59. The second-order valence-electron chi connectivity index (χ2n) is 4.14. The summed E-state index contributed by atoms with van der Waals surface area (Å²) in [6.45, 7) is 7.68. The van der Waals surface area contributed by atoms with Gasteiger partial charge >= 0.3 is 0 Å². The molecule has 0 aromatic heterocycles. The van der Waals surface area contributed by atoms with E-state index in [4.69, 9.17) is 10.5 Å². The fourth-order valence-corrected chi connectivity index (χ4v) is 1.83. The number of carbonyl (C=O) groups is 1. The molecule has 2 N–H and O–H groups in total. The first-order chi connectivity index (χ1) is 7.11. The third kappa shape index (κ3) is 4.01. The lowest BCUT2D eigenvalue weighted by molar-refractivity contribution is -0.113. The highest BCUT2D eigenvalue weighted by atomic mass is 16.5. The molecule has 0 aliphatic carbocycles.